The number of nitrogens with one attached hydrogen (secondary N) is 1. The van der Waals surface area contributed by atoms with Crippen LogP contribution in [0.3, 0.4) is 0 Å². The van der Waals surface area contributed by atoms with Crippen LogP contribution in [-0.4, -0.2) is 10.8 Å². The third-order valence-corrected chi connectivity index (χ3v) is 3.88. The quantitative estimate of drug-likeness (QED) is 0.468. The second-order valence-corrected chi connectivity index (χ2v) is 5.74. The number of hydrogen-bond acceptors (Lipinski definition) is 3. The van der Waals surface area contributed by atoms with E-state index in [2.05, 4.69) is 5.32 Å². The summed E-state index contributed by atoms with van der Waals surface area (Å²) in [6.45, 7) is 1.41. The van der Waals surface area contributed by atoms with Crippen molar-refractivity contribution < 1.29 is 35.8 Å². The van der Waals surface area contributed by atoms with Crippen molar-refractivity contribution in [1.82, 2.24) is 0 Å². The molecule has 0 saturated heterocycles. The van der Waals surface area contributed by atoms with Crippen molar-refractivity contribution in [2.24, 2.45) is 0 Å². The van der Waals surface area contributed by atoms with Crippen LogP contribution in [-0.2, 0) is 30.9 Å². The first-order valence-corrected chi connectivity index (χ1v) is 6.63. The fourth-order valence-electron chi connectivity index (χ4n) is 1.01. The minimum absolute atomic E-state index is 0.0732. The molecule has 1 aromatic carbocycles. The van der Waals surface area contributed by atoms with E-state index in [4.69, 9.17) is 0 Å². The van der Waals surface area contributed by atoms with Gasteiger partial charge in [-0.1, -0.05) is 0 Å². The molecule has 1 amide bonds. The molecule has 6 heteroatoms. The predicted octanol–water partition coefficient (Wildman–Crippen LogP) is 0.725. The predicted molar refractivity (Wildman–Crippen MR) is 47.0 cm³/mol. The summed E-state index contributed by atoms with van der Waals surface area (Å²) in [7, 11) is 0. The van der Waals surface area contributed by atoms with Gasteiger partial charge in [0.25, 0.3) is 0 Å². The molecular formula is C8H7HgN2O3. The molecule has 5 nitrogen and oxygen atoms in total. The molecule has 1 aromatic rings. The van der Waals surface area contributed by atoms with Gasteiger partial charge in [-0.15, -0.1) is 0 Å². The first kappa shape index (κ1) is 11.1. The van der Waals surface area contributed by atoms with Gasteiger partial charge in [0, 0.05) is 0 Å². The number of nitro groups is 1. The van der Waals surface area contributed by atoms with Gasteiger partial charge in [-0.05, 0) is 0 Å². The molecule has 0 unspecified atom stereocenters. The molecule has 0 aromatic heterocycles. The van der Waals surface area contributed by atoms with E-state index in [9.17, 15) is 14.9 Å². The summed E-state index contributed by atoms with van der Waals surface area (Å²) in [6, 6.07) is 4.47. The fraction of sp³-hybridized carbons (Fsp3) is 0.125. The SMILES string of the molecule is CC(=O)Nc1ccc([N+](=O)[O-])c[c]1[Hg]. The molecule has 0 heterocycles. The summed E-state index contributed by atoms with van der Waals surface area (Å²) < 4.78 is 0.870. The van der Waals surface area contributed by atoms with Crippen LogP contribution >= 0.6 is 0 Å². The van der Waals surface area contributed by atoms with Crippen LogP contribution in [0.25, 0.3) is 0 Å². The van der Waals surface area contributed by atoms with Gasteiger partial charge in [0.2, 0.25) is 0 Å². The summed E-state index contributed by atoms with van der Waals surface area (Å²) in [6.07, 6.45) is 0. The molecule has 0 saturated carbocycles. The average Bonchev–Trinajstić information content (AvgIpc) is 2.07. The van der Waals surface area contributed by atoms with Crippen LogP contribution < -0.4 is 8.39 Å². The van der Waals surface area contributed by atoms with Crippen LogP contribution in [0, 0.1) is 10.1 Å². The molecule has 0 spiro atoms. The van der Waals surface area contributed by atoms with Gasteiger partial charge >= 0.3 is 96.7 Å². The van der Waals surface area contributed by atoms with Crippen LogP contribution in [0.15, 0.2) is 18.2 Å². The third-order valence-electron chi connectivity index (χ3n) is 1.61. The number of anilines is 1. The number of nitro benzene ring substituents is 1. The Morgan fingerprint density at radius 2 is 2.21 bits per heavy atom. The van der Waals surface area contributed by atoms with Gasteiger partial charge in [-0.25, -0.2) is 0 Å². The number of nitrogens with zero attached hydrogens (tertiary/aromatic N) is 1. The van der Waals surface area contributed by atoms with Gasteiger partial charge in [-0.3, -0.25) is 0 Å². The van der Waals surface area contributed by atoms with Crippen molar-refractivity contribution in [2.75, 3.05) is 5.32 Å². The molecule has 0 radical (unpaired) electrons. The Hall–Kier alpha value is -0.975. The van der Waals surface area contributed by atoms with Crippen molar-refractivity contribution in [1.29, 1.82) is 0 Å². The van der Waals surface area contributed by atoms with E-state index in [1.54, 1.807) is 6.07 Å². The van der Waals surface area contributed by atoms with Crippen LogP contribution in [0.1, 0.15) is 6.92 Å². The van der Waals surface area contributed by atoms with Gasteiger partial charge < -0.3 is 0 Å². The summed E-state index contributed by atoms with van der Waals surface area (Å²) in [5.41, 5.74) is 0.760. The zero-order valence-electron chi connectivity index (χ0n) is 7.61. The summed E-state index contributed by atoms with van der Waals surface area (Å²) in [4.78, 5) is 20.8. The second kappa shape index (κ2) is 4.50. The van der Waals surface area contributed by atoms with Crippen molar-refractivity contribution in [2.45, 2.75) is 6.92 Å². The molecule has 0 aliphatic carbocycles. The average molecular weight is 380 g/mol. The van der Waals surface area contributed by atoms with Crippen molar-refractivity contribution in [3.63, 3.8) is 0 Å². The molecular weight excluding hydrogens is 373 g/mol. The third kappa shape index (κ3) is 2.76. The van der Waals surface area contributed by atoms with E-state index in [0.29, 0.717) is 5.69 Å². The maximum absolute atomic E-state index is 10.8. The molecule has 0 aliphatic rings. The van der Waals surface area contributed by atoms with Crippen molar-refractivity contribution >= 4 is 20.4 Å². The zero-order valence-corrected chi connectivity index (χ0v) is 13.1. The fourth-order valence-corrected chi connectivity index (χ4v) is 2.62. The first-order chi connectivity index (χ1) is 6.50. The number of hydrogen-bond donors (Lipinski definition) is 1. The Morgan fingerprint density at radius 1 is 1.57 bits per heavy atom. The Bertz CT molecular complexity index is 392. The van der Waals surface area contributed by atoms with E-state index in [1.807, 2.05) is 0 Å². The summed E-state index contributed by atoms with van der Waals surface area (Å²) in [5.74, 6) is -0.162. The Morgan fingerprint density at radius 3 is 2.64 bits per heavy atom. The minimum atomic E-state index is -0.437. The Kier molecular flexibility index (Phi) is 3.57. The molecule has 14 heavy (non-hydrogen) atoms. The van der Waals surface area contributed by atoms with E-state index in [-0.39, 0.29) is 37.7 Å². The van der Waals surface area contributed by atoms with Crippen LogP contribution in [0.2, 0.25) is 0 Å². The molecule has 0 atom stereocenters. The Balaban J connectivity index is 3.01. The first-order valence-electron chi connectivity index (χ1n) is 3.88. The number of carbonyl (C=O) groups excluding carboxylic acids is 1. The van der Waals surface area contributed by atoms with E-state index < -0.39 is 4.92 Å². The maximum atomic E-state index is 10.8. The van der Waals surface area contributed by atoms with Gasteiger partial charge in [0.15, 0.2) is 0 Å². The molecule has 69 valence electrons. The second-order valence-electron chi connectivity index (χ2n) is 2.78. The summed E-state index contributed by atoms with van der Waals surface area (Å²) in [5, 5.41) is 13.1. The number of amides is 1. The van der Waals surface area contributed by atoms with Crippen molar-refractivity contribution in [3.8, 4) is 0 Å². The molecule has 0 aliphatic heterocycles. The monoisotopic (exact) mass is 381 g/mol. The number of non-ortho nitro benzene ring substituents is 1. The van der Waals surface area contributed by atoms with Crippen molar-refractivity contribution in [3.05, 3.63) is 28.3 Å². The van der Waals surface area contributed by atoms with Gasteiger partial charge in [0.1, 0.15) is 0 Å². The number of carbonyl (C=O) groups is 1. The number of benzene rings is 1. The molecule has 0 bridgehead atoms. The van der Waals surface area contributed by atoms with E-state index in [1.165, 1.54) is 19.1 Å². The molecule has 0 fully saturated rings. The molecule has 1 rings (SSSR count). The standard InChI is InChI=1S/C8H7N2O3.Hg/c1-6(11)9-7-2-4-8(5-3-7)10(12)13;/h2,4-5H,1H3,(H,9,11);. The van der Waals surface area contributed by atoms with Gasteiger partial charge in [-0.2, -0.15) is 0 Å². The van der Waals surface area contributed by atoms with E-state index >= 15 is 0 Å². The molecule has 1 N–H and O–H groups in total. The number of rotatable bonds is 2. The Labute approximate surface area is 96.6 Å². The normalized spacial score (nSPS) is 9.64. The summed E-state index contributed by atoms with van der Waals surface area (Å²) >= 11 is 0.236. The van der Waals surface area contributed by atoms with Crippen LogP contribution in [0.4, 0.5) is 11.4 Å². The zero-order chi connectivity index (χ0) is 10.7. The van der Waals surface area contributed by atoms with Crippen LogP contribution in [0.5, 0.6) is 0 Å². The topological polar surface area (TPSA) is 72.2 Å². The van der Waals surface area contributed by atoms with E-state index in [0.717, 1.165) is 3.07 Å². The van der Waals surface area contributed by atoms with Gasteiger partial charge in [0.05, 0.1) is 0 Å².